The van der Waals surface area contributed by atoms with E-state index in [1.807, 2.05) is 30.3 Å². The Morgan fingerprint density at radius 2 is 1.87 bits per heavy atom. The van der Waals surface area contributed by atoms with Crippen LogP contribution in [-0.4, -0.2) is 55.1 Å². The summed E-state index contributed by atoms with van der Waals surface area (Å²) in [5, 5.41) is 3.80. The SMILES string of the molecule is COC(=O)C=C(O/N=C(/N)C1(C)CCCCN1C(=O)OCc1ccccc1)C(=O)OC. The van der Waals surface area contributed by atoms with Crippen LogP contribution in [-0.2, 0) is 35.2 Å². The van der Waals surface area contributed by atoms with Crippen LogP contribution < -0.4 is 5.73 Å². The number of amidine groups is 1. The second-order valence-electron chi connectivity index (χ2n) is 7.01. The number of nitrogens with two attached hydrogens (primary N) is 1. The Labute approximate surface area is 180 Å². The highest BCUT2D eigenvalue weighted by molar-refractivity contribution is 5.95. The second-order valence-corrected chi connectivity index (χ2v) is 7.01. The third-order valence-electron chi connectivity index (χ3n) is 4.95. The minimum absolute atomic E-state index is 0.0523. The molecule has 0 aliphatic carbocycles. The van der Waals surface area contributed by atoms with Crippen molar-refractivity contribution in [3.05, 3.63) is 47.7 Å². The third-order valence-corrected chi connectivity index (χ3v) is 4.95. The number of nitrogens with zero attached hydrogens (tertiary/aromatic N) is 2. The Balaban J connectivity index is 2.16. The van der Waals surface area contributed by atoms with Gasteiger partial charge in [-0.3, -0.25) is 4.90 Å². The van der Waals surface area contributed by atoms with E-state index in [2.05, 4.69) is 14.6 Å². The van der Waals surface area contributed by atoms with E-state index in [1.54, 1.807) is 6.92 Å². The zero-order valence-corrected chi connectivity index (χ0v) is 17.8. The van der Waals surface area contributed by atoms with E-state index in [0.29, 0.717) is 13.0 Å². The van der Waals surface area contributed by atoms with Gasteiger partial charge in [-0.15, -0.1) is 0 Å². The fraction of sp³-hybridized carbons (Fsp3) is 0.429. The molecule has 1 aliphatic rings. The van der Waals surface area contributed by atoms with Gasteiger partial charge < -0.3 is 24.8 Å². The van der Waals surface area contributed by atoms with Crippen LogP contribution in [0.4, 0.5) is 4.79 Å². The van der Waals surface area contributed by atoms with Crippen molar-refractivity contribution >= 4 is 23.9 Å². The van der Waals surface area contributed by atoms with Crippen molar-refractivity contribution in [2.45, 2.75) is 38.3 Å². The lowest BCUT2D eigenvalue weighted by Gasteiger charge is -2.42. The molecule has 1 saturated heterocycles. The summed E-state index contributed by atoms with van der Waals surface area (Å²) >= 11 is 0. The van der Waals surface area contributed by atoms with Gasteiger partial charge in [0.25, 0.3) is 0 Å². The van der Waals surface area contributed by atoms with Crippen LogP contribution in [0, 0.1) is 0 Å². The molecule has 168 valence electrons. The average Bonchev–Trinajstić information content (AvgIpc) is 2.80. The predicted octanol–water partition coefficient (Wildman–Crippen LogP) is 2.09. The Bertz CT molecular complexity index is 854. The Kier molecular flexibility index (Phi) is 8.42. The zero-order valence-electron chi connectivity index (χ0n) is 17.8. The van der Waals surface area contributed by atoms with Crippen LogP contribution >= 0.6 is 0 Å². The van der Waals surface area contributed by atoms with Crippen LogP contribution in [0.3, 0.4) is 0 Å². The molecule has 1 aromatic carbocycles. The second kappa shape index (κ2) is 11.0. The van der Waals surface area contributed by atoms with Crippen molar-refractivity contribution < 1.29 is 33.4 Å². The standard InChI is InChI=1S/C21H27N3O7/c1-21(19(22)23-31-16(18(26)29-3)13-17(25)28-2)11-7-8-12-24(21)20(27)30-14-15-9-5-4-6-10-15/h4-6,9-10,13H,7-8,11-12,14H2,1-3H3,(H2,22,23). The molecule has 1 heterocycles. The molecule has 1 amide bonds. The lowest BCUT2D eigenvalue weighted by Crippen LogP contribution is -2.60. The summed E-state index contributed by atoms with van der Waals surface area (Å²) in [6.45, 7) is 2.27. The number of ether oxygens (including phenoxy) is 3. The molecule has 0 spiro atoms. The highest BCUT2D eigenvalue weighted by atomic mass is 16.7. The van der Waals surface area contributed by atoms with Crippen molar-refractivity contribution in [3.8, 4) is 0 Å². The number of piperidine rings is 1. The first-order valence-corrected chi connectivity index (χ1v) is 9.69. The van der Waals surface area contributed by atoms with Gasteiger partial charge in [-0.2, -0.15) is 0 Å². The van der Waals surface area contributed by atoms with Crippen molar-refractivity contribution in [2.24, 2.45) is 10.9 Å². The number of esters is 2. The van der Waals surface area contributed by atoms with Gasteiger partial charge in [0.2, 0.25) is 5.76 Å². The molecule has 2 N–H and O–H groups in total. The monoisotopic (exact) mass is 433 g/mol. The number of carbonyl (C=O) groups is 3. The van der Waals surface area contributed by atoms with Crippen molar-refractivity contribution in [1.29, 1.82) is 0 Å². The molecule has 1 atom stereocenters. The molecule has 1 aromatic rings. The first-order valence-electron chi connectivity index (χ1n) is 9.69. The topological polar surface area (TPSA) is 130 Å². The lowest BCUT2D eigenvalue weighted by molar-refractivity contribution is -0.142. The first kappa shape index (κ1) is 23.7. The first-order chi connectivity index (χ1) is 14.8. The van der Waals surface area contributed by atoms with Crippen LogP contribution in [0.2, 0.25) is 0 Å². The average molecular weight is 433 g/mol. The number of hydrogen-bond acceptors (Lipinski definition) is 8. The van der Waals surface area contributed by atoms with Crippen molar-refractivity contribution in [3.63, 3.8) is 0 Å². The van der Waals surface area contributed by atoms with E-state index in [4.69, 9.17) is 15.3 Å². The van der Waals surface area contributed by atoms with Crippen molar-refractivity contribution in [2.75, 3.05) is 20.8 Å². The molecule has 0 bridgehead atoms. The smallest absolute Gasteiger partial charge is 0.410 e. The lowest BCUT2D eigenvalue weighted by atomic mass is 9.88. The van der Waals surface area contributed by atoms with Gasteiger partial charge in [-0.05, 0) is 31.7 Å². The Hall–Kier alpha value is -3.56. The molecule has 1 aliphatic heterocycles. The van der Waals surface area contributed by atoms with Crippen molar-refractivity contribution in [1.82, 2.24) is 4.90 Å². The minimum Gasteiger partial charge on any atom is -0.466 e. The summed E-state index contributed by atoms with van der Waals surface area (Å²) in [4.78, 5) is 42.6. The minimum atomic E-state index is -1.00. The maximum Gasteiger partial charge on any atom is 0.410 e. The summed E-state index contributed by atoms with van der Waals surface area (Å²) < 4.78 is 14.5. The molecular weight excluding hydrogens is 406 g/mol. The maximum absolute atomic E-state index is 12.8. The van der Waals surface area contributed by atoms with E-state index in [0.717, 1.165) is 38.7 Å². The Morgan fingerprint density at radius 3 is 2.52 bits per heavy atom. The molecular formula is C21H27N3O7. The summed E-state index contributed by atoms with van der Waals surface area (Å²) in [5.74, 6) is -2.32. The number of likely N-dealkylation sites (tertiary alicyclic amines) is 1. The van der Waals surface area contributed by atoms with Gasteiger partial charge in [-0.1, -0.05) is 35.5 Å². The normalized spacial score (nSPS) is 19.4. The molecule has 31 heavy (non-hydrogen) atoms. The molecule has 2 rings (SSSR count). The van der Waals surface area contributed by atoms with E-state index >= 15 is 0 Å². The molecule has 10 heteroatoms. The summed E-state index contributed by atoms with van der Waals surface area (Å²) in [7, 11) is 2.27. The van der Waals surface area contributed by atoms with Gasteiger partial charge in [-0.25, -0.2) is 14.4 Å². The number of methoxy groups -OCH3 is 2. The van der Waals surface area contributed by atoms with E-state index in [-0.39, 0.29) is 12.4 Å². The zero-order chi connectivity index (χ0) is 22.9. The number of oxime groups is 1. The predicted molar refractivity (Wildman–Crippen MR) is 110 cm³/mol. The third kappa shape index (κ3) is 6.21. The molecule has 1 unspecified atom stereocenters. The van der Waals surface area contributed by atoms with E-state index in [1.165, 1.54) is 4.90 Å². The van der Waals surface area contributed by atoms with Gasteiger partial charge >= 0.3 is 18.0 Å². The maximum atomic E-state index is 12.8. The fourth-order valence-corrected chi connectivity index (χ4v) is 3.06. The van der Waals surface area contributed by atoms with Gasteiger partial charge in [0.15, 0.2) is 5.84 Å². The molecule has 0 radical (unpaired) electrons. The van der Waals surface area contributed by atoms with Crippen LogP contribution in [0.25, 0.3) is 0 Å². The molecule has 0 aromatic heterocycles. The van der Waals surface area contributed by atoms with Gasteiger partial charge in [0, 0.05) is 6.54 Å². The van der Waals surface area contributed by atoms with E-state index < -0.39 is 29.3 Å². The Morgan fingerprint density at radius 1 is 1.16 bits per heavy atom. The fourth-order valence-electron chi connectivity index (χ4n) is 3.06. The number of hydrogen-bond donors (Lipinski definition) is 1. The van der Waals surface area contributed by atoms with Gasteiger partial charge in [0.1, 0.15) is 12.1 Å². The van der Waals surface area contributed by atoms with Crippen LogP contribution in [0.1, 0.15) is 31.7 Å². The number of amides is 1. The van der Waals surface area contributed by atoms with Gasteiger partial charge in [0.05, 0.1) is 20.3 Å². The molecule has 0 saturated carbocycles. The molecule has 1 fully saturated rings. The van der Waals surface area contributed by atoms with E-state index in [9.17, 15) is 14.4 Å². The summed E-state index contributed by atoms with van der Waals surface area (Å²) in [5.41, 5.74) is 6.01. The highest BCUT2D eigenvalue weighted by Crippen LogP contribution is 2.29. The quantitative estimate of drug-likeness (QED) is 0.132. The number of benzene rings is 1. The largest absolute Gasteiger partial charge is 0.466 e. The van der Waals surface area contributed by atoms with Crippen LogP contribution in [0.5, 0.6) is 0 Å². The summed E-state index contributed by atoms with van der Waals surface area (Å²) in [6, 6.07) is 9.30. The summed E-state index contributed by atoms with van der Waals surface area (Å²) in [6.07, 6.45) is 2.34. The highest BCUT2D eigenvalue weighted by Gasteiger charge is 2.42. The van der Waals surface area contributed by atoms with Crippen LogP contribution in [0.15, 0.2) is 47.3 Å². The number of rotatable bonds is 7. The molecule has 10 nitrogen and oxygen atoms in total. The number of carbonyl (C=O) groups excluding carboxylic acids is 3.